The minimum absolute atomic E-state index is 0.512. The number of hydrogen-bond donors (Lipinski definition) is 0. The highest BCUT2D eigenvalue weighted by Gasteiger charge is 2.24. The summed E-state index contributed by atoms with van der Waals surface area (Å²) < 4.78 is 0. The third-order valence-electron chi connectivity index (χ3n) is 4.17. The maximum Gasteiger partial charge on any atom is 0.0708 e. The molecule has 0 fully saturated rings. The third kappa shape index (κ3) is 1.88. The van der Waals surface area contributed by atoms with Crippen molar-refractivity contribution >= 4 is 16.8 Å². The van der Waals surface area contributed by atoms with Crippen molar-refractivity contribution in [1.29, 1.82) is 0 Å². The molecule has 2 aromatic rings. The zero-order valence-electron chi connectivity index (χ0n) is 12.1. The van der Waals surface area contributed by atoms with Crippen molar-refractivity contribution in [2.24, 2.45) is 5.92 Å². The molecule has 1 heteroatoms. The summed E-state index contributed by atoms with van der Waals surface area (Å²) >= 11 is 0. The molecule has 3 rings (SSSR count). The van der Waals surface area contributed by atoms with Crippen LogP contribution in [0.2, 0.25) is 0 Å². The van der Waals surface area contributed by atoms with Crippen LogP contribution in [0.25, 0.3) is 16.8 Å². The standard InChI is InChI=1S/C18H21N/c1-11(2)14-6-5-13-9-10-19-16-8-7-15(12(3)4)18(14)17(13)16/h5-12,15H,1-4H3. The molecule has 1 aromatic carbocycles. The summed E-state index contributed by atoms with van der Waals surface area (Å²) in [5, 5.41) is 2.69. The predicted octanol–water partition coefficient (Wildman–Crippen LogP) is 5.12. The topological polar surface area (TPSA) is 12.9 Å². The lowest BCUT2D eigenvalue weighted by atomic mass is 9.77. The monoisotopic (exact) mass is 251 g/mol. The quantitative estimate of drug-likeness (QED) is 0.721. The molecule has 1 heterocycles. The molecule has 0 amide bonds. The highest BCUT2D eigenvalue weighted by atomic mass is 14.7. The molecule has 1 nitrogen and oxygen atoms in total. The fraction of sp³-hybridized carbons (Fsp3) is 0.389. The van der Waals surface area contributed by atoms with Gasteiger partial charge in [-0.1, -0.05) is 45.9 Å². The number of aromatic nitrogens is 1. The second kappa shape index (κ2) is 4.48. The van der Waals surface area contributed by atoms with Crippen molar-refractivity contribution < 1.29 is 0 Å². The molecule has 0 radical (unpaired) electrons. The highest BCUT2D eigenvalue weighted by molar-refractivity contribution is 5.95. The lowest BCUT2D eigenvalue weighted by Crippen LogP contribution is -2.12. The third-order valence-corrected chi connectivity index (χ3v) is 4.17. The molecule has 0 saturated heterocycles. The number of hydrogen-bond acceptors (Lipinski definition) is 1. The normalized spacial score (nSPS) is 17.7. The first-order valence-corrected chi connectivity index (χ1v) is 7.19. The van der Waals surface area contributed by atoms with E-state index in [0.717, 1.165) is 5.69 Å². The van der Waals surface area contributed by atoms with E-state index in [1.807, 2.05) is 6.20 Å². The van der Waals surface area contributed by atoms with Gasteiger partial charge >= 0.3 is 0 Å². The molecule has 1 atom stereocenters. The Morgan fingerprint density at radius 2 is 1.84 bits per heavy atom. The van der Waals surface area contributed by atoms with Gasteiger partial charge in [-0.3, -0.25) is 4.98 Å². The van der Waals surface area contributed by atoms with Crippen LogP contribution in [0, 0.1) is 5.92 Å². The average molecular weight is 251 g/mol. The van der Waals surface area contributed by atoms with Crippen LogP contribution in [0.4, 0.5) is 0 Å². The Hall–Kier alpha value is -1.63. The molecule has 0 N–H and O–H groups in total. The van der Waals surface area contributed by atoms with Gasteiger partial charge in [-0.25, -0.2) is 0 Å². The minimum atomic E-state index is 0.512. The smallest absolute Gasteiger partial charge is 0.0708 e. The van der Waals surface area contributed by atoms with Crippen LogP contribution in [-0.2, 0) is 0 Å². The Balaban J connectivity index is 2.40. The lowest BCUT2D eigenvalue weighted by Gasteiger charge is -2.28. The SMILES string of the molecule is CC(C)c1ccc2ccnc3c2c1C(C(C)C)C=C3. The Kier molecular flexibility index (Phi) is 2.93. The summed E-state index contributed by atoms with van der Waals surface area (Å²) in [5.74, 6) is 1.69. The van der Waals surface area contributed by atoms with Gasteiger partial charge in [-0.2, -0.15) is 0 Å². The minimum Gasteiger partial charge on any atom is -0.256 e. The molecule has 0 bridgehead atoms. The number of rotatable bonds is 2. The van der Waals surface area contributed by atoms with E-state index >= 15 is 0 Å². The molecular formula is C18H21N. The molecule has 98 valence electrons. The van der Waals surface area contributed by atoms with E-state index in [4.69, 9.17) is 0 Å². The van der Waals surface area contributed by atoms with Crippen molar-refractivity contribution in [3.05, 3.63) is 47.3 Å². The van der Waals surface area contributed by atoms with Crippen LogP contribution in [0.5, 0.6) is 0 Å². The van der Waals surface area contributed by atoms with E-state index in [-0.39, 0.29) is 0 Å². The molecule has 1 aliphatic rings. The van der Waals surface area contributed by atoms with E-state index in [2.05, 4.69) is 63.0 Å². The molecule has 0 spiro atoms. The number of pyridine rings is 1. The molecule has 1 unspecified atom stereocenters. The zero-order valence-corrected chi connectivity index (χ0v) is 12.1. The van der Waals surface area contributed by atoms with Gasteiger partial charge in [-0.05, 0) is 40.5 Å². The summed E-state index contributed by atoms with van der Waals surface area (Å²) in [6.45, 7) is 9.17. The van der Waals surface area contributed by atoms with Crippen LogP contribution in [0.1, 0.15) is 56.4 Å². The van der Waals surface area contributed by atoms with Gasteiger partial charge in [0.2, 0.25) is 0 Å². The maximum absolute atomic E-state index is 4.54. The second-order valence-corrected chi connectivity index (χ2v) is 6.15. The van der Waals surface area contributed by atoms with Crippen molar-refractivity contribution in [3.8, 4) is 0 Å². The Bertz CT molecular complexity index is 650. The van der Waals surface area contributed by atoms with Gasteiger partial charge in [0.25, 0.3) is 0 Å². The van der Waals surface area contributed by atoms with Crippen LogP contribution in [0.3, 0.4) is 0 Å². The van der Waals surface area contributed by atoms with Crippen molar-refractivity contribution in [1.82, 2.24) is 4.98 Å². The van der Waals surface area contributed by atoms with Crippen molar-refractivity contribution in [2.75, 3.05) is 0 Å². The first-order chi connectivity index (χ1) is 9.09. The van der Waals surface area contributed by atoms with E-state index in [1.165, 1.54) is 21.9 Å². The fourth-order valence-electron chi connectivity index (χ4n) is 3.18. The molecule has 0 saturated carbocycles. The van der Waals surface area contributed by atoms with Gasteiger partial charge in [0.05, 0.1) is 5.69 Å². The first-order valence-electron chi connectivity index (χ1n) is 7.19. The fourth-order valence-corrected chi connectivity index (χ4v) is 3.18. The van der Waals surface area contributed by atoms with Gasteiger partial charge in [0.1, 0.15) is 0 Å². The van der Waals surface area contributed by atoms with E-state index < -0.39 is 0 Å². The van der Waals surface area contributed by atoms with Crippen molar-refractivity contribution in [2.45, 2.75) is 39.5 Å². The van der Waals surface area contributed by atoms with Crippen LogP contribution in [-0.4, -0.2) is 4.98 Å². The predicted molar refractivity (Wildman–Crippen MR) is 82.4 cm³/mol. The van der Waals surface area contributed by atoms with Crippen LogP contribution >= 0.6 is 0 Å². The summed E-state index contributed by atoms with van der Waals surface area (Å²) in [6.07, 6.45) is 6.45. The number of benzene rings is 1. The second-order valence-electron chi connectivity index (χ2n) is 6.15. The maximum atomic E-state index is 4.54. The zero-order chi connectivity index (χ0) is 13.6. The largest absolute Gasteiger partial charge is 0.256 e. The van der Waals surface area contributed by atoms with Crippen LogP contribution in [0.15, 0.2) is 30.5 Å². The number of nitrogens with zero attached hydrogens (tertiary/aromatic N) is 1. The molecule has 19 heavy (non-hydrogen) atoms. The van der Waals surface area contributed by atoms with E-state index in [9.17, 15) is 0 Å². The molecule has 1 aliphatic carbocycles. The summed E-state index contributed by atoms with van der Waals surface area (Å²) in [5.41, 5.74) is 4.12. The van der Waals surface area contributed by atoms with E-state index in [1.54, 1.807) is 0 Å². The first kappa shape index (κ1) is 12.4. The van der Waals surface area contributed by atoms with Crippen molar-refractivity contribution in [3.63, 3.8) is 0 Å². The van der Waals surface area contributed by atoms with Gasteiger partial charge in [0.15, 0.2) is 0 Å². The Labute approximate surface area is 115 Å². The highest BCUT2D eigenvalue weighted by Crippen LogP contribution is 2.41. The Morgan fingerprint density at radius 1 is 1.05 bits per heavy atom. The molecular weight excluding hydrogens is 230 g/mol. The summed E-state index contributed by atoms with van der Waals surface area (Å²) in [6, 6.07) is 6.68. The van der Waals surface area contributed by atoms with Crippen LogP contribution < -0.4 is 0 Å². The lowest BCUT2D eigenvalue weighted by molar-refractivity contribution is 0.574. The molecule has 0 aliphatic heterocycles. The van der Waals surface area contributed by atoms with E-state index in [0.29, 0.717) is 17.8 Å². The van der Waals surface area contributed by atoms with Gasteiger partial charge in [-0.15, -0.1) is 0 Å². The number of allylic oxidation sites excluding steroid dienone is 1. The Morgan fingerprint density at radius 3 is 2.53 bits per heavy atom. The van der Waals surface area contributed by atoms with Gasteiger partial charge < -0.3 is 0 Å². The van der Waals surface area contributed by atoms with Gasteiger partial charge in [0, 0.05) is 17.5 Å². The average Bonchev–Trinajstić information content (AvgIpc) is 2.39. The molecule has 1 aromatic heterocycles. The summed E-state index contributed by atoms with van der Waals surface area (Å²) in [4.78, 5) is 4.54. The summed E-state index contributed by atoms with van der Waals surface area (Å²) in [7, 11) is 0.